The molecule has 0 unspecified atom stereocenters. The van der Waals surface area contributed by atoms with Gasteiger partial charge in [-0.25, -0.2) is 13.8 Å². The van der Waals surface area contributed by atoms with Gasteiger partial charge in [-0.3, -0.25) is 0 Å². The second-order valence-electron chi connectivity index (χ2n) is 6.64. The van der Waals surface area contributed by atoms with Crippen LogP contribution in [0.1, 0.15) is 0 Å². The molecule has 4 rings (SSSR count). The van der Waals surface area contributed by atoms with Crippen LogP contribution in [0.25, 0.3) is 0 Å². The second kappa shape index (κ2) is 8.30. The van der Waals surface area contributed by atoms with Crippen molar-refractivity contribution in [2.24, 2.45) is 0 Å². The van der Waals surface area contributed by atoms with E-state index in [0.29, 0.717) is 11.8 Å². The molecular weight excluding hydrogens is 376 g/mol. The maximum Gasteiger partial charge on any atom is 0.227 e. The molecule has 8 heteroatoms. The highest BCUT2D eigenvalue weighted by atomic mass is 19.1. The molecule has 1 aliphatic heterocycles. The van der Waals surface area contributed by atoms with Crippen molar-refractivity contribution < 1.29 is 13.5 Å². The molecule has 1 aliphatic rings. The van der Waals surface area contributed by atoms with Gasteiger partial charge in [0.15, 0.2) is 0 Å². The van der Waals surface area contributed by atoms with Crippen LogP contribution in [0.5, 0.6) is 5.75 Å². The minimum absolute atomic E-state index is 0.164. The summed E-state index contributed by atoms with van der Waals surface area (Å²) in [5.41, 5.74) is 1.23. The quantitative estimate of drug-likeness (QED) is 0.706. The maximum atomic E-state index is 13.9. The highest BCUT2D eigenvalue weighted by Gasteiger charge is 2.21. The van der Waals surface area contributed by atoms with Gasteiger partial charge in [-0.1, -0.05) is 12.1 Å². The van der Waals surface area contributed by atoms with E-state index in [9.17, 15) is 8.78 Å². The number of hydrogen-bond donors (Lipinski definition) is 1. The van der Waals surface area contributed by atoms with Gasteiger partial charge in [-0.15, -0.1) is 0 Å². The molecule has 1 N–H and O–H groups in total. The van der Waals surface area contributed by atoms with Crippen LogP contribution in [0.3, 0.4) is 0 Å². The molecule has 150 valence electrons. The van der Waals surface area contributed by atoms with Gasteiger partial charge in [0, 0.05) is 38.4 Å². The fourth-order valence-corrected chi connectivity index (χ4v) is 3.34. The van der Waals surface area contributed by atoms with Crippen molar-refractivity contribution >= 4 is 23.1 Å². The average molecular weight is 397 g/mol. The fraction of sp³-hybridized carbons (Fsp3) is 0.238. The Morgan fingerprint density at radius 3 is 2.48 bits per heavy atom. The lowest BCUT2D eigenvalue weighted by Gasteiger charge is -2.36. The number of methoxy groups -OCH3 is 1. The molecule has 6 nitrogen and oxygen atoms in total. The topological polar surface area (TPSA) is 53.5 Å². The Bertz CT molecular complexity index is 992. The third-order valence-corrected chi connectivity index (χ3v) is 4.83. The van der Waals surface area contributed by atoms with Crippen LogP contribution in [0.2, 0.25) is 0 Å². The average Bonchev–Trinajstić information content (AvgIpc) is 2.76. The molecule has 1 aromatic heterocycles. The predicted molar refractivity (Wildman–Crippen MR) is 109 cm³/mol. The summed E-state index contributed by atoms with van der Waals surface area (Å²) < 4.78 is 32.4. The Labute approximate surface area is 167 Å². The zero-order valence-electron chi connectivity index (χ0n) is 16.0. The molecule has 0 atom stereocenters. The number of hydrogen-bond acceptors (Lipinski definition) is 6. The van der Waals surface area contributed by atoms with Crippen molar-refractivity contribution in [1.29, 1.82) is 0 Å². The summed E-state index contributed by atoms with van der Waals surface area (Å²) in [6.07, 6.45) is 1.62. The van der Waals surface area contributed by atoms with E-state index in [1.54, 1.807) is 19.4 Å². The second-order valence-corrected chi connectivity index (χ2v) is 6.64. The monoisotopic (exact) mass is 397 g/mol. The van der Waals surface area contributed by atoms with Crippen LogP contribution in [0.15, 0.2) is 54.7 Å². The van der Waals surface area contributed by atoms with E-state index in [1.165, 1.54) is 12.1 Å². The summed E-state index contributed by atoms with van der Waals surface area (Å²) in [5, 5.41) is 2.88. The van der Waals surface area contributed by atoms with E-state index in [1.807, 2.05) is 24.3 Å². The number of halogens is 2. The first-order chi connectivity index (χ1) is 14.1. The van der Waals surface area contributed by atoms with Crippen molar-refractivity contribution in [3.8, 4) is 5.75 Å². The predicted octanol–water partition coefficient (Wildman–Crippen LogP) is 3.83. The van der Waals surface area contributed by atoms with Gasteiger partial charge in [0.1, 0.15) is 23.2 Å². The molecule has 3 aromatic rings. The summed E-state index contributed by atoms with van der Waals surface area (Å²) in [6.45, 7) is 3.08. The van der Waals surface area contributed by atoms with Crippen LogP contribution in [-0.2, 0) is 0 Å². The molecule has 1 saturated heterocycles. The molecule has 2 aromatic carbocycles. The van der Waals surface area contributed by atoms with E-state index in [2.05, 4.69) is 25.1 Å². The molecule has 0 amide bonds. The van der Waals surface area contributed by atoms with Gasteiger partial charge in [0.2, 0.25) is 5.95 Å². The van der Waals surface area contributed by atoms with Gasteiger partial charge in [-0.05, 0) is 30.3 Å². The Hall–Kier alpha value is -3.42. The number of rotatable bonds is 5. The Morgan fingerprint density at radius 2 is 1.72 bits per heavy atom. The van der Waals surface area contributed by atoms with Crippen molar-refractivity contribution in [1.82, 2.24) is 9.97 Å². The Balaban J connectivity index is 1.44. The zero-order chi connectivity index (χ0) is 20.2. The van der Waals surface area contributed by atoms with E-state index in [-0.39, 0.29) is 5.69 Å². The summed E-state index contributed by atoms with van der Waals surface area (Å²) in [5.74, 6) is 0.578. The molecule has 0 radical (unpaired) electrons. The molecule has 0 aliphatic carbocycles. The maximum absolute atomic E-state index is 13.9. The van der Waals surface area contributed by atoms with Gasteiger partial charge < -0.3 is 19.9 Å². The third-order valence-electron chi connectivity index (χ3n) is 4.83. The van der Waals surface area contributed by atoms with Crippen LogP contribution >= 0.6 is 0 Å². The van der Waals surface area contributed by atoms with Crippen LogP contribution in [-0.4, -0.2) is 43.3 Å². The van der Waals surface area contributed by atoms with Crippen molar-refractivity contribution in [3.63, 3.8) is 0 Å². The number of nitrogens with one attached hydrogen (secondary N) is 1. The van der Waals surface area contributed by atoms with Crippen LogP contribution in [0, 0.1) is 11.6 Å². The lowest BCUT2D eigenvalue weighted by molar-refractivity contribution is 0.413. The number of para-hydroxylation sites is 2. The highest BCUT2D eigenvalue weighted by molar-refractivity contribution is 5.60. The van der Waals surface area contributed by atoms with Crippen molar-refractivity contribution in [2.75, 3.05) is 48.4 Å². The smallest absolute Gasteiger partial charge is 0.227 e. The molecule has 2 heterocycles. The van der Waals surface area contributed by atoms with Crippen LogP contribution < -0.4 is 19.9 Å². The first-order valence-electron chi connectivity index (χ1n) is 9.32. The van der Waals surface area contributed by atoms with Crippen molar-refractivity contribution in [3.05, 3.63) is 66.4 Å². The molecule has 29 heavy (non-hydrogen) atoms. The summed E-state index contributed by atoms with van der Waals surface area (Å²) in [4.78, 5) is 13.2. The van der Waals surface area contributed by atoms with Gasteiger partial charge in [0.05, 0.1) is 18.5 Å². The molecule has 0 saturated carbocycles. The minimum Gasteiger partial charge on any atom is -0.495 e. The van der Waals surface area contributed by atoms with Gasteiger partial charge >= 0.3 is 0 Å². The lowest BCUT2D eigenvalue weighted by atomic mass is 10.2. The number of piperazine rings is 1. The minimum atomic E-state index is -0.671. The largest absolute Gasteiger partial charge is 0.495 e. The normalized spacial score (nSPS) is 14.0. The highest BCUT2D eigenvalue weighted by Crippen LogP contribution is 2.29. The number of aromatic nitrogens is 2. The number of benzene rings is 2. The summed E-state index contributed by atoms with van der Waals surface area (Å²) in [6, 6.07) is 13.0. The lowest BCUT2D eigenvalue weighted by Crippen LogP contribution is -2.47. The number of nitrogens with zero attached hydrogens (tertiary/aromatic N) is 4. The molecule has 0 spiro atoms. The van der Waals surface area contributed by atoms with Crippen LogP contribution in [0.4, 0.5) is 31.9 Å². The zero-order valence-corrected chi connectivity index (χ0v) is 16.0. The van der Waals surface area contributed by atoms with E-state index in [0.717, 1.165) is 43.7 Å². The van der Waals surface area contributed by atoms with E-state index >= 15 is 0 Å². The third kappa shape index (κ3) is 4.21. The van der Waals surface area contributed by atoms with Crippen molar-refractivity contribution in [2.45, 2.75) is 0 Å². The summed E-state index contributed by atoms with van der Waals surface area (Å²) in [7, 11) is 1.67. The van der Waals surface area contributed by atoms with Gasteiger partial charge in [0.25, 0.3) is 0 Å². The van der Waals surface area contributed by atoms with E-state index < -0.39 is 11.6 Å². The number of ether oxygens (including phenoxy) is 1. The number of anilines is 4. The first-order valence-corrected chi connectivity index (χ1v) is 9.32. The molecule has 0 bridgehead atoms. The summed E-state index contributed by atoms with van der Waals surface area (Å²) >= 11 is 0. The van der Waals surface area contributed by atoms with E-state index in [4.69, 9.17) is 4.74 Å². The Kier molecular flexibility index (Phi) is 5.41. The first kappa shape index (κ1) is 18.9. The molecular formula is C21H21F2N5O. The fourth-order valence-electron chi connectivity index (χ4n) is 3.34. The Morgan fingerprint density at radius 1 is 0.966 bits per heavy atom. The van der Waals surface area contributed by atoms with Gasteiger partial charge in [-0.2, -0.15) is 4.98 Å². The SMILES string of the molecule is COc1ccccc1N1CCN(c2nccc(Nc3ccc(F)cc3F)n2)CC1. The standard InChI is InChI=1S/C21H21F2N5O/c1-29-19-5-3-2-4-18(19)27-10-12-28(13-11-27)21-24-9-8-20(26-21)25-17-7-6-15(22)14-16(17)23/h2-9,14H,10-13H2,1H3,(H,24,25,26). The molecule has 1 fully saturated rings.